The smallest absolute Gasteiger partial charge is 0.406 e. The van der Waals surface area contributed by atoms with E-state index in [-0.39, 0.29) is 11.7 Å². The molecular formula is C17H15F3N4O2S. The van der Waals surface area contributed by atoms with Crippen LogP contribution in [-0.2, 0) is 11.8 Å². The Hall–Kier alpha value is -2.75. The van der Waals surface area contributed by atoms with Crippen LogP contribution in [0.25, 0.3) is 22.2 Å². The minimum Gasteiger partial charge on any atom is -0.406 e. The summed E-state index contributed by atoms with van der Waals surface area (Å²) in [4.78, 5) is 19.8. The predicted octanol–water partition coefficient (Wildman–Crippen LogP) is 4.21. The van der Waals surface area contributed by atoms with Crippen LogP contribution in [0.3, 0.4) is 0 Å². The molecule has 0 spiro atoms. The highest BCUT2D eigenvalue weighted by molar-refractivity contribution is 7.98. The number of hydrogen-bond acceptors (Lipinski definition) is 5. The topological polar surface area (TPSA) is 69.0 Å². The molecule has 0 aromatic carbocycles. The number of aromatic nitrogens is 3. The molecule has 0 unspecified atom stereocenters. The molecule has 0 fully saturated rings. The van der Waals surface area contributed by atoms with Crippen LogP contribution >= 0.6 is 11.8 Å². The lowest BCUT2D eigenvalue weighted by atomic mass is 10.1. The monoisotopic (exact) mass is 396 g/mol. The zero-order valence-electron chi connectivity index (χ0n) is 14.6. The fraction of sp³-hybridized carbons (Fsp3) is 0.235. The normalized spacial score (nSPS) is 11.6. The molecule has 1 amide bonds. The highest BCUT2D eigenvalue weighted by atomic mass is 32.2. The molecule has 6 nitrogen and oxygen atoms in total. The minimum absolute atomic E-state index is 0.275. The maximum Gasteiger partial charge on any atom is 0.573 e. The zero-order valence-corrected chi connectivity index (χ0v) is 15.4. The van der Waals surface area contributed by atoms with E-state index >= 15 is 0 Å². The number of hydrogen-bond donors (Lipinski definition) is 1. The van der Waals surface area contributed by atoms with Gasteiger partial charge in [0, 0.05) is 43.3 Å². The van der Waals surface area contributed by atoms with Crippen molar-refractivity contribution in [1.82, 2.24) is 14.5 Å². The van der Waals surface area contributed by atoms with E-state index in [9.17, 15) is 18.0 Å². The lowest BCUT2D eigenvalue weighted by Gasteiger charge is -2.11. The fourth-order valence-corrected chi connectivity index (χ4v) is 3.07. The Balaban J connectivity index is 2.16. The second kappa shape index (κ2) is 7.10. The lowest BCUT2D eigenvalue weighted by molar-refractivity contribution is -0.274. The van der Waals surface area contributed by atoms with Crippen LogP contribution in [0.5, 0.6) is 5.75 Å². The molecule has 0 aliphatic carbocycles. The number of thioether (sulfide) groups is 1. The Kier molecular flexibility index (Phi) is 5.01. The molecule has 0 aliphatic rings. The number of anilines is 1. The summed E-state index contributed by atoms with van der Waals surface area (Å²) < 4.78 is 43.8. The number of ether oxygens (including phenoxy) is 1. The third-order valence-electron chi connectivity index (χ3n) is 3.67. The number of carbonyl (C=O) groups is 1. The van der Waals surface area contributed by atoms with Crippen molar-refractivity contribution in [3.05, 3.63) is 30.6 Å². The SMILES string of the molecule is CSc1cc(OC(F)(F)F)cc(-c2cn(C)c3cnc(NC(C)=O)cc23)n1. The molecule has 10 heteroatoms. The van der Waals surface area contributed by atoms with E-state index < -0.39 is 6.36 Å². The molecule has 1 N–H and O–H groups in total. The predicted molar refractivity (Wildman–Crippen MR) is 96.7 cm³/mol. The van der Waals surface area contributed by atoms with Crippen molar-refractivity contribution in [3.63, 3.8) is 0 Å². The van der Waals surface area contributed by atoms with Crippen molar-refractivity contribution >= 4 is 34.4 Å². The van der Waals surface area contributed by atoms with Crippen molar-refractivity contribution < 1.29 is 22.7 Å². The van der Waals surface area contributed by atoms with Crippen LogP contribution in [-0.4, -0.2) is 33.1 Å². The van der Waals surface area contributed by atoms with E-state index in [1.165, 1.54) is 30.8 Å². The molecule has 3 heterocycles. The number of pyridine rings is 2. The Bertz CT molecular complexity index is 1020. The van der Waals surface area contributed by atoms with Gasteiger partial charge in [0.2, 0.25) is 5.91 Å². The average molecular weight is 396 g/mol. The summed E-state index contributed by atoms with van der Waals surface area (Å²) in [5.41, 5.74) is 1.67. The van der Waals surface area contributed by atoms with Crippen LogP contribution in [0.4, 0.5) is 19.0 Å². The van der Waals surface area contributed by atoms with Gasteiger partial charge in [-0.05, 0) is 12.3 Å². The summed E-state index contributed by atoms with van der Waals surface area (Å²) >= 11 is 1.21. The number of nitrogens with one attached hydrogen (secondary N) is 1. The number of amides is 1. The molecular weight excluding hydrogens is 381 g/mol. The maximum absolute atomic E-state index is 12.6. The van der Waals surface area contributed by atoms with Crippen molar-refractivity contribution in [3.8, 4) is 17.0 Å². The van der Waals surface area contributed by atoms with Crippen LogP contribution in [0, 0.1) is 0 Å². The van der Waals surface area contributed by atoms with E-state index in [2.05, 4.69) is 20.0 Å². The first-order chi connectivity index (χ1) is 12.7. The Labute approximate surface area is 156 Å². The molecule has 0 bridgehead atoms. The average Bonchev–Trinajstić information content (AvgIpc) is 2.89. The molecule has 0 saturated carbocycles. The van der Waals surface area contributed by atoms with Crippen molar-refractivity contribution in [2.45, 2.75) is 18.3 Å². The van der Waals surface area contributed by atoms with Gasteiger partial charge in [0.1, 0.15) is 16.6 Å². The van der Waals surface area contributed by atoms with Gasteiger partial charge >= 0.3 is 6.36 Å². The molecule has 3 aromatic rings. The van der Waals surface area contributed by atoms with Gasteiger partial charge in [-0.3, -0.25) is 4.79 Å². The highest BCUT2D eigenvalue weighted by Gasteiger charge is 2.31. The van der Waals surface area contributed by atoms with Crippen molar-refractivity contribution in [1.29, 1.82) is 0 Å². The van der Waals surface area contributed by atoms with Gasteiger partial charge in [0.05, 0.1) is 17.4 Å². The van der Waals surface area contributed by atoms with Gasteiger partial charge in [0.15, 0.2) is 0 Å². The summed E-state index contributed by atoms with van der Waals surface area (Å²) in [6, 6.07) is 4.13. The van der Waals surface area contributed by atoms with Crippen molar-refractivity contribution in [2.24, 2.45) is 7.05 Å². The second-order valence-electron chi connectivity index (χ2n) is 5.70. The third kappa shape index (κ3) is 4.33. The molecule has 3 aromatic heterocycles. The molecule has 142 valence electrons. The number of carbonyl (C=O) groups excluding carboxylic acids is 1. The number of fused-ring (bicyclic) bond motifs is 1. The third-order valence-corrected chi connectivity index (χ3v) is 4.30. The first-order valence-corrected chi connectivity index (χ1v) is 8.93. The van der Waals surface area contributed by atoms with Gasteiger partial charge < -0.3 is 14.6 Å². The molecule has 27 heavy (non-hydrogen) atoms. The van der Waals surface area contributed by atoms with Crippen LogP contribution in [0.15, 0.2) is 35.6 Å². The number of aryl methyl sites for hydroxylation is 1. The fourth-order valence-electron chi connectivity index (χ4n) is 2.65. The van der Waals surface area contributed by atoms with E-state index in [4.69, 9.17) is 0 Å². The van der Waals surface area contributed by atoms with E-state index in [0.29, 0.717) is 27.5 Å². The summed E-state index contributed by atoms with van der Waals surface area (Å²) in [6.07, 6.45) is 0.240. The summed E-state index contributed by atoms with van der Waals surface area (Å²) in [5.74, 6) is -0.275. The standard InChI is InChI=1S/C17H15F3N4O2S/c1-9(25)22-15-6-11-12(8-24(2)14(11)7-21-15)13-4-10(26-17(18,19)20)5-16(23-13)27-3/h4-8H,1-3H3,(H,21,22,25). The van der Waals surface area contributed by atoms with Crippen LogP contribution < -0.4 is 10.1 Å². The largest absolute Gasteiger partial charge is 0.573 e. The quantitative estimate of drug-likeness (QED) is 0.669. The number of rotatable bonds is 4. The molecule has 0 saturated heterocycles. The second-order valence-corrected chi connectivity index (χ2v) is 6.53. The van der Waals surface area contributed by atoms with Gasteiger partial charge in [-0.2, -0.15) is 0 Å². The van der Waals surface area contributed by atoms with Crippen LogP contribution in [0.1, 0.15) is 6.92 Å². The molecule has 0 aliphatic heterocycles. The van der Waals surface area contributed by atoms with E-state index in [1.807, 2.05) is 0 Å². The number of nitrogens with zero attached hydrogens (tertiary/aromatic N) is 3. The Morgan fingerprint density at radius 1 is 1.30 bits per heavy atom. The summed E-state index contributed by atoms with van der Waals surface area (Å²) in [5, 5.41) is 3.68. The van der Waals surface area contributed by atoms with Gasteiger partial charge in [-0.1, -0.05) is 0 Å². The van der Waals surface area contributed by atoms with E-state index in [1.54, 1.807) is 36.3 Å². The minimum atomic E-state index is -4.80. The molecule has 3 rings (SSSR count). The van der Waals surface area contributed by atoms with Gasteiger partial charge in [-0.25, -0.2) is 9.97 Å². The summed E-state index contributed by atoms with van der Waals surface area (Å²) in [7, 11) is 1.79. The Morgan fingerprint density at radius 3 is 2.67 bits per heavy atom. The molecule has 0 atom stereocenters. The lowest BCUT2D eigenvalue weighted by Crippen LogP contribution is -2.17. The Morgan fingerprint density at radius 2 is 2.04 bits per heavy atom. The number of halogens is 3. The van der Waals surface area contributed by atoms with Crippen LogP contribution in [0.2, 0.25) is 0 Å². The van der Waals surface area contributed by atoms with Gasteiger partial charge in [0.25, 0.3) is 0 Å². The maximum atomic E-state index is 12.6. The first kappa shape index (κ1) is 19.0. The highest BCUT2D eigenvalue weighted by Crippen LogP contribution is 2.35. The zero-order chi connectivity index (χ0) is 19.8. The number of alkyl halides is 3. The molecule has 0 radical (unpaired) electrons. The summed E-state index contributed by atoms with van der Waals surface area (Å²) in [6.45, 7) is 1.36. The van der Waals surface area contributed by atoms with Crippen molar-refractivity contribution in [2.75, 3.05) is 11.6 Å². The first-order valence-electron chi connectivity index (χ1n) is 7.71. The van der Waals surface area contributed by atoms with E-state index in [0.717, 1.165) is 5.52 Å². The van der Waals surface area contributed by atoms with Gasteiger partial charge in [-0.15, -0.1) is 24.9 Å².